The van der Waals surface area contributed by atoms with Crippen molar-refractivity contribution in [2.24, 2.45) is 0 Å². The third-order valence-electron chi connectivity index (χ3n) is 3.74. The normalized spacial score (nSPS) is 10.8. The Morgan fingerprint density at radius 3 is 2.84 bits per heavy atom. The van der Waals surface area contributed by atoms with E-state index < -0.39 is 0 Å². The number of rotatable bonds is 6. The summed E-state index contributed by atoms with van der Waals surface area (Å²) in [6, 6.07) is 7.44. The number of amides is 1. The van der Waals surface area contributed by atoms with Crippen LogP contribution in [0.4, 0.5) is 5.82 Å². The van der Waals surface area contributed by atoms with Gasteiger partial charge < -0.3 is 14.8 Å². The van der Waals surface area contributed by atoms with Crippen LogP contribution in [0.15, 0.2) is 40.6 Å². The van der Waals surface area contributed by atoms with Gasteiger partial charge in [-0.15, -0.1) is 11.3 Å². The molecule has 3 aromatic rings. The second-order valence-electron chi connectivity index (χ2n) is 5.73. The molecule has 0 saturated carbocycles. The largest absolute Gasteiger partial charge is 0.358 e. The van der Waals surface area contributed by atoms with E-state index in [1.165, 1.54) is 11.3 Å². The molecule has 8 heteroatoms. The molecule has 0 saturated heterocycles. The molecule has 25 heavy (non-hydrogen) atoms. The van der Waals surface area contributed by atoms with E-state index >= 15 is 0 Å². The van der Waals surface area contributed by atoms with Gasteiger partial charge in [-0.1, -0.05) is 12.1 Å². The van der Waals surface area contributed by atoms with Crippen LogP contribution in [0.3, 0.4) is 0 Å². The quantitative estimate of drug-likeness (QED) is 0.725. The monoisotopic (exact) mass is 357 g/mol. The highest BCUT2D eigenvalue weighted by Gasteiger charge is 2.13. The molecular formula is C17H19N5O2S. The molecule has 0 bridgehead atoms. The zero-order valence-corrected chi connectivity index (χ0v) is 14.9. The lowest BCUT2D eigenvalue weighted by atomic mass is 10.2. The number of nitrogens with zero attached hydrogens (tertiary/aromatic N) is 4. The van der Waals surface area contributed by atoms with Crippen molar-refractivity contribution in [3.8, 4) is 0 Å². The van der Waals surface area contributed by atoms with Crippen LogP contribution in [0.25, 0.3) is 11.0 Å². The fourth-order valence-corrected chi connectivity index (χ4v) is 3.06. The molecule has 2 aromatic heterocycles. The fourth-order valence-electron chi connectivity index (χ4n) is 2.51. The van der Waals surface area contributed by atoms with Gasteiger partial charge in [0.05, 0.1) is 17.6 Å². The van der Waals surface area contributed by atoms with Crippen LogP contribution < -0.4 is 15.8 Å². The van der Waals surface area contributed by atoms with Crippen LogP contribution in [0.2, 0.25) is 0 Å². The molecule has 1 amide bonds. The lowest BCUT2D eigenvalue weighted by Gasteiger charge is -2.16. The van der Waals surface area contributed by atoms with Crippen LogP contribution >= 0.6 is 11.3 Å². The molecular weight excluding hydrogens is 338 g/mol. The van der Waals surface area contributed by atoms with Gasteiger partial charge in [0.15, 0.2) is 5.82 Å². The first-order valence-corrected chi connectivity index (χ1v) is 8.76. The Kier molecular flexibility index (Phi) is 5.08. The number of hydrogen-bond acceptors (Lipinski definition) is 6. The number of thiazole rings is 1. The Morgan fingerprint density at radius 2 is 2.12 bits per heavy atom. The predicted molar refractivity (Wildman–Crippen MR) is 98.9 cm³/mol. The van der Waals surface area contributed by atoms with Crippen LogP contribution in [0, 0.1) is 0 Å². The summed E-state index contributed by atoms with van der Waals surface area (Å²) in [6.45, 7) is 0.706. The van der Waals surface area contributed by atoms with Crippen molar-refractivity contribution in [1.82, 2.24) is 19.9 Å². The molecule has 0 spiro atoms. The van der Waals surface area contributed by atoms with E-state index in [-0.39, 0.29) is 17.9 Å². The summed E-state index contributed by atoms with van der Waals surface area (Å²) in [7, 11) is 3.56. The summed E-state index contributed by atoms with van der Waals surface area (Å²) >= 11 is 1.49. The molecule has 0 fully saturated rings. The number of fused-ring (bicyclic) bond motifs is 1. The third kappa shape index (κ3) is 3.85. The average molecular weight is 357 g/mol. The number of anilines is 1. The van der Waals surface area contributed by atoms with Crippen LogP contribution in [-0.2, 0) is 17.9 Å². The SMILES string of the molecule is CN(C)c1nc2ccccc2n(CCC(=O)NCc2nccs2)c1=O. The van der Waals surface area contributed by atoms with E-state index in [0.29, 0.717) is 18.9 Å². The molecule has 0 aliphatic carbocycles. The number of carbonyl (C=O) groups is 1. The van der Waals surface area contributed by atoms with Crippen molar-refractivity contribution in [3.05, 3.63) is 51.2 Å². The molecule has 0 aliphatic rings. The van der Waals surface area contributed by atoms with E-state index in [1.54, 1.807) is 29.8 Å². The Labute approximate surface area is 149 Å². The molecule has 2 heterocycles. The van der Waals surface area contributed by atoms with Gasteiger partial charge in [0, 0.05) is 38.6 Å². The van der Waals surface area contributed by atoms with Gasteiger partial charge in [-0.3, -0.25) is 9.59 Å². The number of aromatic nitrogens is 3. The van der Waals surface area contributed by atoms with E-state index in [4.69, 9.17) is 0 Å². The molecule has 0 unspecified atom stereocenters. The van der Waals surface area contributed by atoms with Crippen molar-refractivity contribution >= 4 is 34.1 Å². The maximum atomic E-state index is 12.7. The summed E-state index contributed by atoms with van der Waals surface area (Å²) in [5.74, 6) is 0.247. The lowest BCUT2D eigenvalue weighted by molar-refractivity contribution is -0.121. The minimum atomic E-state index is -0.198. The van der Waals surface area contributed by atoms with Crippen molar-refractivity contribution in [2.75, 3.05) is 19.0 Å². The van der Waals surface area contributed by atoms with Gasteiger partial charge in [0.1, 0.15) is 5.01 Å². The number of nitrogens with one attached hydrogen (secondary N) is 1. The second kappa shape index (κ2) is 7.43. The van der Waals surface area contributed by atoms with Crippen molar-refractivity contribution in [2.45, 2.75) is 19.5 Å². The summed E-state index contributed by atoms with van der Waals surface area (Å²) in [5, 5.41) is 5.55. The Hall–Kier alpha value is -2.74. The molecule has 0 aliphatic heterocycles. The highest BCUT2D eigenvalue weighted by atomic mass is 32.1. The summed E-state index contributed by atoms with van der Waals surface area (Å²) in [5.41, 5.74) is 1.26. The van der Waals surface area contributed by atoms with Crippen LogP contribution in [0.1, 0.15) is 11.4 Å². The predicted octanol–water partition coefficient (Wildman–Crippen LogP) is 1.63. The molecule has 0 radical (unpaired) electrons. The molecule has 130 valence electrons. The standard InChI is InChI=1S/C17H19N5O2S/c1-21(2)16-17(24)22(13-6-4-3-5-12(13)20-16)9-7-14(23)19-11-15-18-8-10-25-15/h3-6,8,10H,7,9,11H2,1-2H3,(H,19,23). The number of aryl methyl sites for hydroxylation is 1. The Morgan fingerprint density at radius 1 is 1.32 bits per heavy atom. The molecule has 1 aromatic carbocycles. The van der Waals surface area contributed by atoms with Crippen molar-refractivity contribution in [3.63, 3.8) is 0 Å². The molecule has 1 N–H and O–H groups in total. The first-order chi connectivity index (χ1) is 12.1. The minimum Gasteiger partial charge on any atom is -0.358 e. The molecule has 7 nitrogen and oxygen atoms in total. The maximum absolute atomic E-state index is 12.7. The fraction of sp³-hybridized carbons (Fsp3) is 0.294. The zero-order chi connectivity index (χ0) is 17.8. The summed E-state index contributed by atoms with van der Waals surface area (Å²) < 4.78 is 1.61. The summed E-state index contributed by atoms with van der Waals surface area (Å²) in [6.07, 6.45) is 1.92. The number of benzene rings is 1. The molecule has 0 atom stereocenters. The highest BCUT2D eigenvalue weighted by molar-refractivity contribution is 7.09. The topological polar surface area (TPSA) is 80.1 Å². The third-order valence-corrected chi connectivity index (χ3v) is 4.52. The number of carbonyl (C=O) groups excluding carboxylic acids is 1. The first kappa shape index (κ1) is 17.1. The zero-order valence-electron chi connectivity index (χ0n) is 14.1. The smallest absolute Gasteiger partial charge is 0.293 e. The van der Waals surface area contributed by atoms with Crippen LogP contribution in [-0.4, -0.2) is 34.5 Å². The number of hydrogen-bond donors (Lipinski definition) is 1. The van der Waals surface area contributed by atoms with Gasteiger partial charge in [-0.25, -0.2) is 9.97 Å². The summed E-state index contributed by atoms with van der Waals surface area (Å²) in [4.78, 5) is 35.0. The average Bonchev–Trinajstić information content (AvgIpc) is 3.12. The molecule has 3 rings (SSSR count). The number of para-hydroxylation sites is 2. The highest BCUT2D eigenvalue weighted by Crippen LogP contribution is 2.13. The van der Waals surface area contributed by atoms with Gasteiger partial charge in [0.25, 0.3) is 5.56 Å². The van der Waals surface area contributed by atoms with E-state index in [2.05, 4.69) is 15.3 Å². The van der Waals surface area contributed by atoms with Gasteiger partial charge in [-0.2, -0.15) is 0 Å². The van der Waals surface area contributed by atoms with Crippen LogP contribution in [0.5, 0.6) is 0 Å². The Bertz CT molecular complexity index is 934. The van der Waals surface area contributed by atoms with E-state index in [0.717, 1.165) is 16.0 Å². The second-order valence-corrected chi connectivity index (χ2v) is 6.71. The van der Waals surface area contributed by atoms with Gasteiger partial charge >= 0.3 is 0 Å². The first-order valence-electron chi connectivity index (χ1n) is 7.88. The maximum Gasteiger partial charge on any atom is 0.293 e. The van der Waals surface area contributed by atoms with Crippen molar-refractivity contribution < 1.29 is 4.79 Å². The lowest BCUT2D eigenvalue weighted by Crippen LogP contribution is -2.31. The van der Waals surface area contributed by atoms with Gasteiger partial charge in [-0.05, 0) is 12.1 Å². The van der Waals surface area contributed by atoms with E-state index in [9.17, 15) is 9.59 Å². The minimum absolute atomic E-state index is 0.116. The van der Waals surface area contributed by atoms with Crippen molar-refractivity contribution in [1.29, 1.82) is 0 Å². The van der Waals surface area contributed by atoms with E-state index in [1.807, 2.05) is 29.6 Å². The van der Waals surface area contributed by atoms with Gasteiger partial charge in [0.2, 0.25) is 5.91 Å². The Balaban J connectivity index is 1.79.